The van der Waals surface area contributed by atoms with E-state index >= 15 is 0 Å². The van der Waals surface area contributed by atoms with Crippen molar-refractivity contribution < 1.29 is 15.3 Å². The lowest BCUT2D eigenvalue weighted by Gasteiger charge is -2.65. The Bertz CT molecular complexity index is 634. The fourth-order valence-electron chi connectivity index (χ4n) is 9.48. The van der Waals surface area contributed by atoms with Crippen molar-refractivity contribution >= 4 is 0 Å². The van der Waals surface area contributed by atoms with Gasteiger partial charge < -0.3 is 15.3 Å². The average Bonchev–Trinajstić information content (AvgIpc) is 3.04. The van der Waals surface area contributed by atoms with Crippen LogP contribution in [-0.4, -0.2) is 33.1 Å². The quantitative estimate of drug-likeness (QED) is 0.484. The highest BCUT2D eigenvalue weighted by molar-refractivity contribution is 5.16. The van der Waals surface area contributed by atoms with Crippen molar-refractivity contribution in [3.05, 3.63) is 0 Å². The third-order valence-electron chi connectivity index (χ3n) is 11.6. The molecule has 180 valence electrons. The highest BCUT2D eigenvalue weighted by Gasteiger charge is 2.67. The maximum Gasteiger partial charge on any atom is 0.0985 e. The Morgan fingerprint density at radius 1 is 0.968 bits per heavy atom. The van der Waals surface area contributed by atoms with E-state index in [0.717, 1.165) is 37.0 Å². The predicted molar refractivity (Wildman–Crippen MR) is 127 cm³/mol. The number of aliphatic hydroxyl groups is 3. The van der Waals surface area contributed by atoms with Gasteiger partial charge in [-0.2, -0.15) is 0 Å². The fourth-order valence-corrected chi connectivity index (χ4v) is 9.48. The van der Waals surface area contributed by atoms with Crippen molar-refractivity contribution in [1.82, 2.24) is 0 Å². The molecule has 0 aliphatic heterocycles. The van der Waals surface area contributed by atoms with E-state index in [0.29, 0.717) is 29.6 Å². The van der Waals surface area contributed by atoms with Crippen LogP contribution < -0.4 is 0 Å². The Morgan fingerprint density at radius 2 is 1.71 bits per heavy atom. The molecular formula is C28H50O3. The van der Waals surface area contributed by atoms with Crippen LogP contribution in [0.5, 0.6) is 0 Å². The average molecular weight is 435 g/mol. The Hall–Kier alpha value is -0.120. The van der Waals surface area contributed by atoms with E-state index in [1.54, 1.807) is 0 Å². The largest absolute Gasteiger partial charge is 0.393 e. The third kappa shape index (κ3) is 3.73. The van der Waals surface area contributed by atoms with E-state index in [4.69, 9.17) is 0 Å². The van der Waals surface area contributed by atoms with Crippen molar-refractivity contribution in [2.45, 2.75) is 129 Å². The van der Waals surface area contributed by atoms with Crippen LogP contribution in [0.2, 0.25) is 0 Å². The second kappa shape index (κ2) is 8.58. The molecule has 4 rings (SSSR count). The van der Waals surface area contributed by atoms with E-state index in [1.807, 2.05) is 0 Å². The normalized spacial score (nSPS) is 50.6. The molecular weight excluding hydrogens is 384 g/mol. The molecule has 4 fully saturated rings. The smallest absolute Gasteiger partial charge is 0.0985 e. The molecule has 4 saturated carbocycles. The molecule has 3 N–H and O–H groups in total. The maximum atomic E-state index is 11.6. The lowest BCUT2D eigenvalue weighted by molar-refractivity contribution is -0.264. The summed E-state index contributed by atoms with van der Waals surface area (Å²) in [5, 5.41) is 33.1. The molecule has 3 heteroatoms. The van der Waals surface area contributed by atoms with Gasteiger partial charge in [0.2, 0.25) is 0 Å². The Balaban J connectivity index is 1.47. The van der Waals surface area contributed by atoms with Crippen molar-refractivity contribution in [2.24, 2.45) is 46.3 Å². The van der Waals surface area contributed by atoms with Crippen LogP contribution >= 0.6 is 0 Å². The highest BCUT2D eigenvalue weighted by atomic mass is 16.3. The van der Waals surface area contributed by atoms with Crippen LogP contribution in [0, 0.1) is 46.3 Å². The SMILES string of the molecule is CC[C@H](CCC[C@H]1CC[C@H]2[C@@H]3C[C@H](O)[C@@]4(O)C[C@@H](O)CC[C@]4(C)[C@H]3CC[C@]12C)C(C)C. The molecule has 0 spiro atoms. The molecule has 0 aromatic carbocycles. The summed E-state index contributed by atoms with van der Waals surface area (Å²) >= 11 is 0. The second-order valence-corrected chi connectivity index (χ2v) is 13.0. The van der Waals surface area contributed by atoms with Gasteiger partial charge in [-0.25, -0.2) is 0 Å². The summed E-state index contributed by atoms with van der Waals surface area (Å²) in [5.74, 6) is 4.24. The molecule has 0 aromatic heterocycles. The van der Waals surface area contributed by atoms with Gasteiger partial charge in [-0.3, -0.25) is 0 Å². The van der Waals surface area contributed by atoms with Crippen LogP contribution in [0.25, 0.3) is 0 Å². The van der Waals surface area contributed by atoms with Crippen molar-refractivity contribution in [2.75, 3.05) is 0 Å². The minimum atomic E-state index is -1.11. The molecule has 3 nitrogen and oxygen atoms in total. The fraction of sp³-hybridized carbons (Fsp3) is 1.00. The summed E-state index contributed by atoms with van der Waals surface area (Å²) in [6.45, 7) is 11.9. The van der Waals surface area contributed by atoms with Gasteiger partial charge in [-0.1, -0.05) is 53.9 Å². The molecule has 0 heterocycles. The van der Waals surface area contributed by atoms with Crippen molar-refractivity contribution in [3.63, 3.8) is 0 Å². The van der Waals surface area contributed by atoms with Crippen LogP contribution in [-0.2, 0) is 0 Å². The molecule has 0 amide bonds. The molecule has 31 heavy (non-hydrogen) atoms. The number of hydrogen-bond donors (Lipinski definition) is 3. The minimum absolute atomic E-state index is 0.250. The Morgan fingerprint density at radius 3 is 2.39 bits per heavy atom. The van der Waals surface area contributed by atoms with Gasteiger partial charge in [0.25, 0.3) is 0 Å². The zero-order valence-electron chi connectivity index (χ0n) is 20.9. The van der Waals surface area contributed by atoms with Gasteiger partial charge >= 0.3 is 0 Å². The number of rotatable bonds is 6. The van der Waals surface area contributed by atoms with Crippen molar-refractivity contribution in [3.8, 4) is 0 Å². The van der Waals surface area contributed by atoms with Gasteiger partial charge in [-0.15, -0.1) is 0 Å². The molecule has 0 unspecified atom stereocenters. The minimum Gasteiger partial charge on any atom is -0.393 e. The first kappa shape index (κ1) is 24.0. The van der Waals surface area contributed by atoms with E-state index in [1.165, 1.54) is 51.4 Å². The predicted octanol–water partition coefficient (Wildman–Crippen LogP) is 5.94. The first-order valence-corrected chi connectivity index (χ1v) is 13.6. The lowest BCUT2D eigenvalue weighted by atomic mass is 9.42. The molecule has 10 atom stereocenters. The summed E-state index contributed by atoms with van der Waals surface area (Å²) in [7, 11) is 0. The van der Waals surface area contributed by atoms with Crippen molar-refractivity contribution in [1.29, 1.82) is 0 Å². The van der Waals surface area contributed by atoms with Crippen LogP contribution in [0.3, 0.4) is 0 Å². The third-order valence-corrected chi connectivity index (χ3v) is 11.6. The first-order valence-electron chi connectivity index (χ1n) is 13.6. The van der Waals surface area contributed by atoms with Gasteiger partial charge in [0.1, 0.15) is 0 Å². The van der Waals surface area contributed by atoms with E-state index in [9.17, 15) is 15.3 Å². The number of aliphatic hydroxyl groups excluding tert-OH is 2. The topological polar surface area (TPSA) is 60.7 Å². The summed E-state index contributed by atoms with van der Waals surface area (Å²) in [4.78, 5) is 0. The molecule has 0 radical (unpaired) electrons. The zero-order chi connectivity index (χ0) is 22.6. The standard InChI is InChI=1S/C28H50O3/c1-6-19(18(2)3)8-7-9-20-10-11-23-22-16-25(30)28(31)17-21(29)12-15-27(28,5)24(22)13-14-26(20,23)4/h18-25,29-31H,6-17H2,1-5H3/t19-,20+,21+,22+,23+,24+,25+,26-,27-,28+/m1/s1. The summed E-state index contributed by atoms with van der Waals surface area (Å²) < 4.78 is 0. The van der Waals surface area contributed by atoms with Gasteiger partial charge in [-0.05, 0) is 92.3 Å². The van der Waals surface area contributed by atoms with Gasteiger partial charge in [0.15, 0.2) is 0 Å². The van der Waals surface area contributed by atoms with Crippen LogP contribution in [0.1, 0.15) is 112 Å². The summed E-state index contributed by atoms with van der Waals surface area (Å²) in [6, 6.07) is 0. The first-order chi connectivity index (χ1) is 14.6. The Labute approximate surface area is 191 Å². The second-order valence-electron chi connectivity index (χ2n) is 13.0. The molecule has 0 bridgehead atoms. The molecule has 0 saturated heterocycles. The van der Waals surface area contributed by atoms with E-state index in [2.05, 4.69) is 34.6 Å². The van der Waals surface area contributed by atoms with Gasteiger partial charge in [0.05, 0.1) is 17.8 Å². The Kier molecular flexibility index (Phi) is 6.65. The summed E-state index contributed by atoms with van der Waals surface area (Å²) in [6.07, 6.45) is 12.1. The molecule has 4 aliphatic carbocycles. The molecule has 4 aliphatic rings. The number of fused-ring (bicyclic) bond motifs is 5. The monoisotopic (exact) mass is 434 g/mol. The highest BCUT2D eigenvalue weighted by Crippen LogP contribution is 2.68. The maximum absolute atomic E-state index is 11.6. The van der Waals surface area contributed by atoms with Gasteiger partial charge in [0, 0.05) is 11.8 Å². The van der Waals surface area contributed by atoms with Crippen LogP contribution in [0.15, 0.2) is 0 Å². The lowest BCUT2D eigenvalue weighted by Crippen LogP contribution is -2.68. The molecule has 0 aromatic rings. The zero-order valence-corrected chi connectivity index (χ0v) is 20.9. The van der Waals surface area contributed by atoms with E-state index < -0.39 is 17.8 Å². The number of hydrogen-bond acceptors (Lipinski definition) is 3. The van der Waals surface area contributed by atoms with Crippen LogP contribution in [0.4, 0.5) is 0 Å². The summed E-state index contributed by atoms with van der Waals surface area (Å²) in [5.41, 5.74) is -0.941. The van der Waals surface area contributed by atoms with E-state index in [-0.39, 0.29) is 5.41 Å².